The third-order valence-corrected chi connectivity index (χ3v) is 6.00. The smallest absolute Gasteiger partial charge is 0.222 e. The van der Waals surface area contributed by atoms with E-state index >= 15 is 0 Å². The van der Waals surface area contributed by atoms with Crippen molar-refractivity contribution in [1.82, 2.24) is 10.2 Å². The number of nitrogens with zero attached hydrogens (tertiary/aromatic N) is 1. The first kappa shape index (κ1) is 23.2. The highest BCUT2D eigenvalue weighted by Gasteiger charge is 2.37. The van der Waals surface area contributed by atoms with E-state index in [1.54, 1.807) is 7.11 Å². The summed E-state index contributed by atoms with van der Waals surface area (Å²) in [6.07, 6.45) is 7.88. The van der Waals surface area contributed by atoms with Crippen LogP contribution in [0, 0.1) is 0 Å². The molecule has 0 bridgehead atoms. The molecule has 1 fully saturated rings. The van der Waals surface area contributed by atoms with E-state index in [4.69, 9.17) is 4.74 Å². The van der Waals surface area contributed by atoms with Gasteiger partial charge in [-0.3, -0.25) is 9.59 Å². The molecule has 0 aliphatic heterocycles. The zero-order valence-electron chi connectivity index (χ0n) is 18.5. The highest BCUT2D eigenvalue weighted by molar-refractivity contribution is 5.79. The summed E-state index contributed by atoms with van der Waals surface area (Å²) >= 11 is 0. The molecular weight excluding hydrogens is 364 g/mol. The lowest BCUT2D eigenvalue weighted by atomic mass is 9.78. The summed E-state index contributed by atoms with van der Waals surface area (Å²) in [4.78, 5) is 26.7. The molecule has 0 aromatic heterocycles. The molecule has 1 aromatic rings. The van der Waals surface area contributed by atoms with Crippen molar-refractivity contribution in [3.63, 3.8) is 0 Å². The molecular formula is C24H38N2O3. The fourth-order valence-corrected chi connectivity index (χ4v) is 4.49. The molecule has 5 heteroatoms. The molecule has 1 saturated carbocycles. The van der Waals surface area contributed by atoms with E-state index in [1.807, 2.05) is 23.1 Å². The van der Waals surface area contributed by atoms with E-state index in [9.17, 15) is 9.59 Å². The van der Waals surface area contributed by atoms with Gasteiger partial charge in [-0.15, -0.1) is 0 Å². The Bertz CT molecular complexity index is 647. The van der Waals surface area contributed by atoms with Crippen LogP contribution in [0.1, 0.15) is 77.2 Å². The maximum Gasteiger partial charge on any atom is 0.222 e. The Balaban J connectivity index is 1.86. The SMILES string of the molecule is CCCN(CCC)C(=O)CCCC(=O)NCC1(c2ccccc2OC)CCCC1. The summed E-state index contributed by atoms with van der Waals surface area (Å²) < 4.78 is 5.59. The number of carbonyl (C=O) groups excluding carboxylic acids is 2. The molecule has 0 heterocycles. The van der Waals surface area contributed by atoms with Crippen molar-refractivity contribution in [2.24, 2.45) is 0 Å². The van der Waals surface area contributed by atoms with Crippen molar-refractivity contribution in [3.8, 4) is 5.75 Å². The van der Waals surface area contributed by atoms with Crippen LogP contribution in [0.25, 0.3) is 0 Å². The average Bonchev–Trinajstić information content (AvgIpc) is 3.22. The van der Waals surface area contributed by atoms with Crippen molar-refractivity contribution >= 4 is 11.8 Å². The summed E-state index contributed by atoms with van der Waals surface area (Å²) in [5.74, 6) is 1.11. The Morgan fingerprint density at radius 3 is 2.34 bits per heavy atom. The summed E-state index contributed by atoms with van der Waals surface area (Å²) in [6.45, 7) is 6.42. The Labute approximate surface area is 176 Å². The quantitative estimate of drug-likeness (QED) is 0.562. The molecule has 29 heavy (non-hydrogen) atoms. The van der Waals surface area contributed by atoms with Gasteiger partial charge in [-0.05, 0) is 38.2 Å². The zero-order chi connectivity index (χ0) is 21.1. The monoisotopic (exact) mass is 402 g/mol. The fourth-order valence-electron chi connectivity index (χ4n) is 4.49. The van der Waals surface area contributed by atoms with Gasteiger partial charge >= 0.3 is 0 Å². The molecule has 162 valence electrons. The summed E-state index contributed by atoms with van der Waals surface area (Å²) in [5.41, 5.74) is 1.15. The third-order valence-electron chi connectivity index (χ3n) is 6.00. The number of carbonyl (C=O) groups is 2. The maximum absolute atomic E-state index is 12.5. The molecule has 1 aromatic carbocycles. The Hall–Kier alpha value is -2.04. The Morgan fingerprint density at radius 1 is 1.07 bits per heavy atom. The van der Waals surface area contributed by atoms with Gasteiger partial charge < -0.3 is 15.0 Å². The molecule has 2 rings (SSSR count). The topological polar surface area (TPSA) is 58.6 Å². The zero-order valence-corrected chi connectivity index (χ0v) is 18.5. The van der Waals surface area contributed by atoms with Crippen molar-refractivity contribution in [1.29, 1.82) is 0 Å². The van der Waals surface area contributed by atoms with Gasteiger partial charge in [-0.2, -0.15) is 0 Å². The van der Waals surface area contributed by atoms with Gasteiger partial charge in [0, 0.05) is 43.5 Å². The van der Waals surface area contributed by atoms with Crippen LogP contribution in [0.5, 0.6) is 5.75 Å². The van der Waals surface area contributed by atoms with E-state index in [0.717, 1.165) is 44.5 Å². The lowest BCUT2D eigenvalue weighted by Gasteiger charge is -2.31. The van der Waals surface area contributed by atoms with Crippen molar-refractivity contribution in [3.05, 3.63) is 29.8 Å². The number of methoxy groups -OCH3 is 1. The van der Waals surface area contributed by atoms with E-state index in [2.05, 4.69) is 25.2 Å². The number of benzene rings is 1. The average molecular weight is 403 g/mol. The molecule has 1 aliphatic rings. The van der Waals surface area contributed by atoms with Crippen molar-refractivity contribution < 1.29 is 14.3 Å². The van der Waals surface area contributed by atoms with E-state index in [1.165, 1.54) is 18.4 Å². The number of hydrogen-bond donors (Lipinski definition) is 1. The van der Waals surface area contributed by atoms with Crippen LogP contribution < -0.4 is 10.1 Å². The van der Waals surface area contributed by atoms with Crippen LogP contribution in [0.3, 0.4) is 0 Å². The molecule has 0 spiro atoms. The van der Waals surface area contributed by atoms with Gasteiger partial charge in [0.05, 0.1) is 7.11 Å². The fraction of sp³-hybridized carbons (Fsp3) is 0.667. The molecule has 0 atom stereocenters. The molecule has 2 amide bonds. The normalized spacial score (nSPS) is 15.1. The van der Waals surface area contributed by atoms with Gasteiger partial charge in [0.2, 0.25) is 11.8 Å². The Morgan fingerprint density at radius 2 is 1.72 bits per heavy atom. The number of rotatable bonds is 12. The minimum absolute atomic E-state index is 0.0384. The molecule has 0 radical (unpaired) electrons. The minimum Gasteiger partial charge on any atom is -0.496 e. The number of hydrogen-bond acceptors (Lipinski definition) is 3. The lowest BCUT2D eigenvalue weighted by molar-refractivity contribution is -0.131. The Kier molecular flexibility index (Phi) is 9.49. The molecule has 0 unspecified atom stereocenters. The van der Waals surface area contributed by atoms with Gasteiger partial charge in [0.1, 0.15) is 5.75 Å². The first-order chi connectivity index (χ1) is 14.1. The van der Waals surface area contributed by atoms with Gasteiger partial charge in [0.25, 0.3) is 0 Å². The van der Waals surface area contributed by atoms with Crippen LogP contribution in [0.4, 0.5) is 0 Å². The van der Waals surface area contributed by atoms with E-state index in [-0.39, 0.29) is 17.2 Å². The van der Waals surface area contributed by atoms with Crippen LogP contribution in [0.2, 0.25) is 0 Å². The standard InChI is InChI=1S/C24H38N2O3/c1-4-17-26(18-5-2)23(28)14-10-13-22(27)25-19-24(15-8-9-16-24)20-11-6-7-12-21(20)29-3/h6-7,11-12H,4-5,8-10,13-19H2,1-3H3,(H,25,27). The summed E-state index contributed by atoms with van der Waals surface area (Å²) in [7, 11) is 1.71. The molecule has 1 aliphatic carbocycles. The van der Waals surface area contributed by atoms with E-state index in [0.29, 0.717) is 25.8 Å². The number of amides is 2. The van der Waals surface area contributed by atoms with Gasteiger partial charge in [-0.1, -0.05) is 44.9 Å². The predicted octanol–water partition coefficient (Wildman–Crippen LogP) is 4.44. The van der Waals surface area contributed by atoms with Crippen LogP contribution >= 0.6 is 0 Å². The molecule has 1 N–H and O–H groups in total. The van der Waals surface area contributed by atoms with E-state index < -0.39 is 0 Å². The largest absolute Gasteiger partial charge is 0.496 e. The second-order valence-electron chi connectivity index (χ2n) is 8.20. The first-order valence-electron chi connectivity index (χ1n) is 11.2. The second-order valence-corrected chi connectivity index (χ2v) is 8.20. The van der Waals surface area contributed by atoms with Gasteiger partial charge in [0.15, 0.2) is 0 Å². The predicted molar refractivity (Wildman–Crippen MR) is 117 cm³/mol. The number of ether oxygens (including phenoxy) is 1. The molecule has 0 saturated heterocycles. The molecule has 5 nitrogen and oxygen atoms in total. The highest BCUT2D eigenvalue weighted by atomic mass is 16.5. The number of para-hydroxylation sites is 1. The summed E-state index contributed by atoms with van der Waals surface area (Å²) in [6, 6.07) is 8.16. The van der Waals surface area contributed by atoms with Crippen LogP contribution in [0.15, 0.2) is 24.3 Å². The second kappa shape index (κ2) is 11.8. The van der Waals surface area contributed by atoms with Gasteiger partial charge in [-0.25, -0.2) is 0 Å². The maximum atomic E-state index is 12.5. The third kappa shape index (κ3) is 6.48. The van der Waals surface area contributed by atoms with Crippen LogP contribution in [-0.4, -0.2) is 43.5 Å². The number of nitrogens with one attached hydrogen (secondary N) is 1. The van der Waals surface area contributed by atoms with Crippen molar-refractivity contribution in [2.45, 2.75) is 77.0 Å². The lowest BCUT2D eigenvalue weighted by Crippen LogP contribution is -2.39. The highest BCUT2D eigenvalue weighted by Crippen LogP contribution is 2.44. The summed E-state index contributed by atoms with van der Waals surface area (Å²) in [5, 5.41) is 3.15. The minimum atomic E-state index is -0.0445. The van der Waals surface area contributed by atoms with Crippen LogP contribution in [-0.2, 0) is 15.0 Å². The van der Waals surface area contributed by atoms with Crippen molar-refractivity contribution in [2.75, 3.05) is 26.7 Å². The first-order valence-corrected chi connectivity index (χ1v) is 11.2.